The van der Waals surface area contributed by atoms with E-state index in [4.69, 9.17) is 17.3 Å². The number of rotatable bonds is 1. The van der Waals surface area contributed by atoms with E-state index in [9.17, 15) is 13.2 Å². The number of hydrogen-bond acceptors (Lipinski definition) is 2. The molecule has 0 amide bonds. The molecule has 0 aliphatic heterocycles. The van der Waals surface area contributed by atoms with Crippen molar-refractivity contribution in [2.75, 3.05) is 5.73 Å². The van der Waals surface area contributed by atoms with Gasteiger partial charge in [-0.15, -0.1) is 11.6 Å². The highest BCUT2D eigenvalue weighted by atomic mass is 35.5. The largest absolute Gasteiger partial charge is 0.417 e. The molecule has 13 heavy (non-hydrogen) atoms. The van der Waals surface area contributed by atoms with Gasteiger partial charge in [-0.3, -0.25) is 0 Å². The van der Waals surface area contributed by atoms with Gasteiger partial charge in [0.2, 0.25) is 0 Å². The maximum Gasteiger partial charge on any atom is 0.417 e. The van der Waals surface area contributed by atoms with Gasteiger partial charge in [0.05, 0.1) is 11.4 Å². The van der Waals surface area contributed by atoms with E-state index in [0.717, 1.165) is 6.07 Å². The van der Waals surface area contributed by atoms with E-state index >= 15 is 0 Å². The standard InChI is InChI=1S/C7H6ClF3N2/c8-2-4-1-5(7(9,10)11)3-13-6(4)12/h1,3H,2H2,(H2,12,13). The van der Waals surface area contributed by atoms with Gasteiger partial charge in [-0.05, 0) is 6.07 Å². The lowest BCUT2D eigenvalue weighted by molar-refractivity contribution is -0.137. The number of halogens is 4. The van der Waals surface area contributed by atoms with Crippen LogP contribution >= 0.6 is 11.6 Å². The van der Waals surface area contributed by atoms with Crippen molar-refractivity contribution in [3.8, 4) is 0 Å². The highest BCUT2D eigenvalue weighted by Crippen LogP contribution is 2.30. The molecule has 1 aromatic heterocycles. The molecule has 0 bridgehead atoms. The van der Waals surface area contributed by atoms with Crippen molar-refractivity contribution in [3.05, 3.63) is 23.4 Å². The van der Waals surface area contributed by atoms with E-state index in [1.807, 2.05) is 0 Å². The zero-order valence-corrected chi connectivity index (χ0v) is 7.15. The monoisotopic (exact) mass is 210 g/mol. The number of aromatic nitrogens is 1. The molecule has 0 aromatic carbocycles. The first kappa shape index (κ1) is 10.1. The molecule has 0 radical (unpaired) electrons. The Morgan fingerprint density at radius 2 is 2.08 bits per heavy atom. The Bertz CT molecular complexity index is 311. The number of nitrogens with two attached hydrogens (primary N) is 1. The van der Waals surface area contributed by atoms with Crippen LogP contribution in [0.15, 0.2) is 12.3 Å². The maximum absolute atomic E-state index is 12.1. The Morgan fingerprint density at radius 3 is 2.54 bits per heavy atom. The third-order valence-corrected chi connectivity index (χ3v) is 1.76. The molecule has 72 valence electrons. The van der Waals surface area contributed by atoms with E-state index in [1.165, 1.54) is 0 Å². The van der Waals surface area contributed by atoms with E-state index < -0.39 is 11.7 Å². The molecule has 0 unspecified atom stereocenters. The van der Waals surface area contributed by atoms with Crippen molar-refractivity contribution in [1.82, 2.24) is 4.98 Å². The van der Waals surface area contributed by atoms with Gasteiger partial charge in [0, 0.05) is 11.8 Å². The maximum atomic E-state index is 12.1. The van der Waals surface area contributed by atoms with E-state index in [1.54, 1.807) is 0 Å². The Balaban J connectivity index is 3.14. The van der Waals surface area contributed by atoms with Gasteiger partial charge in [0.1, 0.15) is 5.82 Å². The Hall–Kier alpha value is -0.970. The minimum atomic E-state index is -4.40. The van der Waals surface area contributed by atoms with E-state index in [0.29, 0.717) is 6.20 Å². The Kier molecular flexibility index (Phi) is 2.66. The molecule has 1 rings (SSSR count). The number of alkyl halides is 4. The fourth-order valence-electron chi connectivity index (χ4n) is 0.783. The van der Waals surface area contributed by atoms with Crippen molar-refractivity contribution in [2.45, 2.75) is 12.1 Å². The van der Waals surface area contributed by atoms with Crippen molar-refractivity contribution < 1.29 is 13.2 Å². The highest BCUT2D eigenvalue weighted by molar-refractivity contribution is 6.17. The lowest BCUT2D eigenvalue weighted by atomic mass is 10.2. The minimum absolute atomic E-state index is 0.0306. The van der Waals surface area contributed by atoms with Gasteiger partial charge in [-0.2, -0.15) is 13.2 Å². The summed E-state index contributed by atoms with van der Waals surface area (Å²) < 4.78 is 36.3. The van der Waals surface area contributed by atoms with Gasteiger partial charge < -0.3 is 5.73 Å². The molecule has 0 aliphatic carbocycles. The second-order valence-electron chi connectivity index (χ2n) is 2.40. The molecule has 0 saturated carbocycles. The first-order chi connectivity index (χ1) is 5.95. The Morgan fingerprint density at radius 1 is 1.46 bits per heavy atom. The molecule has 0 spiro atoms. The first-order valence-corrected chi connectivity index (χ1v) is 3.86. The lowest BCUT2D eigenvalue weighted by Crippen LogP contribution is -2.07. The van der Waals surface area contributed by atoms with Crippen LogP contribution in [0.25, 0.3) is 0 Å². The van der Waals surface area contributed by atoms with Crippen molar-refractivity contribution in [2.24, 2.45) is 0 Å². The molecular weight excluding hydrogens is 205 g/mol. The molecule has 2 nitrogen and oxygen atoms in total. The topological polar surface area (TPSA) is 38.9 Å². The molecule has 6 heteroatoms. The molecule has 2 N–H and O–H groups in total. The van der Waals surface area contributed by atoms with Crippen LogP contribution in [0.2, 0.25) is 0 Å². The zero-order valence-electron chi connectivity index (χ0n) is 6.40. The molecule has 0 atom stereocenters. The second-order valence-corrected chi connectivity index (χ2v) is 2.67. The smallest absolute Gasteiger partial charge is 0.383 e. The minimum Gasteiger partial charge on any atom is -0.383 e. The normalized spacial score (nSPS) is 11.7. The predicted molar refractivity (Wildman–Crippen MR) is 43.2 cm³/mol. The molecule has 1 heterocycles. The van der Waals surface area contributed by atoms with Crippen LogP contribution < -0.4 is 5.73 Å². The number of hydrogen-bond donors (Lipinski definition) is 1. The highest BCUT2D eigenvalue weighted by Gasteiger charge is 2.31. The van der Waals surface area contributed by atoms with Crippen LogP contribution in [0.5, 0.6) is 0 Å². The molecule has 1 aromatic rings. The van der Waals surface area contributed by atoms with Gasteiger partial charge >= 0.3 is 6.18 Å². The fourth-order valence-corrected chi connectivity index (χ4v) is 0.997. The van der Waals surface area contributed by atoms with Crippen molar-refractivity contribution in [3.63, 3.8) is 0 Å². The third-order valence-electron chi connectivity index (χ3n) is 1.47. The molecule has 0 fully saturated rings. The average Bonchev–Trinajstić information content (AvgIpc) is 2.03. The van der Waals surface area contributed by atoms with Crippen LogP contribution in [0.3, 0.4) is 0 Å². The molecular formula is C7H6ClF3N2. The van der Waals surface area contributed by atoms with Crippen LogP contribution in [-0.2, 0) is 12.1 Å². The summed E-state index contributed by atoms with van der Waals surface area (Å²) in [6.07, 6.45) is -3.72. The summed E-state index contributed by atoms with van der Waals surface area (Å²) >= 11 is 5.37. The number of nitrogen functional groups attached to an aromatic ring is 1. The average molecular weight is 211 g/mol. The predicted octanol–water partition coefficient (Wildman–Crippen LogP) is 2.42. The van der Waals surface area contributed by atoms with Gasteiger partial charge in [-0.1, -0.05) is 0 Å². The number of anilines is 1. The first-order valence-electron chi connectivity index (χ1n) is 3.32. The van der Waals surface area contributed by atoms with Gasteiger partial charge in [0.25, 0.3) is 0 Å². The summed E-state index contributed by atoms with van der Waals surface area (Å²) in [5, 5.41) is 0. The fraction of sp³-hybridized carbons (Fsp3) is 0.286. The number of nitrogens with zero attached hydrogens (tertiary/aromatic N) is 1. The van der Waals surface area contributed by atoms with E-state index in [2.05, 4.69) is 4.98 Å². The lowest BCUT2D eigenvalue weighted by Gasteiger charge is -2.08. The number of pyridine rings is 1. The summed E-state index contributed by atoms with van der Waals surface area (Å²) in [6, 6.07) is 0.898. The van der Waals surface area contributed by atoms with Gasteiger partial charge in [0.15, 0.2) is 0 Å². The van der Waals surface area contributed by atoms with Crippen LogP contribution in [0.4, 0.5) is 19.0 Å². The van der Waals surface area contributed by atoms with Crippen LogP contribution in [0, 0.1) is 0 Å². The molecule has 0 aliphatic rings. The molecule has 0 saturated heterocycles. The summed E-state index contributed by atoms with van der Waals surface area (Å²) in [4.78, 5) is 3.39. The van der Waals surface area contributed by atoms with Crippen LogP contribution in [0.1, 0.15) is 11.1 Å². The third kappa shape index (κ3) is 2.24. The summed E-state index contributed by atoms with van der Waals surface area (Å²) in [6.45, 7) is 0. The van der Waals surface area contributed by atoms with E-state index in [-0.39, 0.29) is 17.3 Å². The van der Waals surface area contributed by atoms with Crippen LogP contribution in [-0.4, -0.2) is 4.98 Å². The summed E-state index contributed by atoms with van der Waals surface area (Å²) in [7, 11) is 0. The summed E-state index contributed by atoms with van der Waals surface area (Å²) in [5.41, 5.74) is 4.64. The quantitative estimate of drug-likeness (QED) is 0.723. The second kappa shape index (κ2) is 3.41. The van der Waals surface area contributed by atoms with Crippen molar-refractivity contribution >= 4 is 17.4 Å². The van der Waals surface area contributed by atoms with Gasteiger partial charge in [-0.25, -0.2) is 4.98 Å². The summed E-state index contributed by atoms with van der Waals surface area (Å²) in [5.74, 6) is -0.0500. The SMILES string of the molecule is Nc1ncc(C(F)(F)F)cc1CCl. The Labute approximate surface area is 77.5 Å². The van der Waals surface area contributed by atoms with Crippen molar-refractivity contribution in [1.29, 1.82) is 0 Å². The zero-order chi connectivity index (χ0) is 10.1.